The molecule has 118 valence electrons. The molecule has 0 radical (unpaired) electrons. The Morgan fingerprint density at radius 3 is 2.52 bits per heavy atom. The van der Waals surface area contributed by atoms with Gasteiger partial charge >= 0.3 is 6.18 Å². The molecular formula is C15H21F3N2O. The summed E-state index contributed by atoms with van der Waals surface area (Å²) < 4.78 is 44.0. The first-order valence-electron chi connectivity index (χ1n) is 6.92. The Bertz CT molecular complexity index is 482. The van der Waals surface area contributed by atoms with Gasteiger partial charge in [0.15, 0.2) is 6.23 Å². The molecule has 0 saturated carbocycles. The van der Waals surface area contributed by atoms with E-state index in [9.17, 15) is 13.2 Å². The van der Waals surface area contributed by atoms with Gasteiger partial charge in [-0.1, -0.05) is 6.08 Å². The quantitative estimate of drug-likeness (QED) is 0.810. The maximum absolute atomic E-state index is 12.9. The molecule has 1 saturated heterocycles. The fraction of sp³-hybridized carbons (Fsp3) is 0.600. The van der Waals surface area contributed by atoms with Crippen LogP contribution in [0.1, 0.15) is 27.2 Å². The number of ether oxygens (including phenoxy) is 1. The van der Waals surface area contributed by atoms with E-state index in [0.717, 1.165) is 5.70 Å². The van der Waals surface area contributed by atoms with Crippen molar-refractivity contribution in [2.24, 2.45) is 11.7 Å². The lowest BCUT2D eigenvalue weighted by Crippen LogP contribution is -2.33. The molecule has 1 fully saturated rings. The molecule has 6 heteroatoms. The Morgan fingerprint density at radius 2 is 2.05 bits per heavy atom. The summed E-state index contributed by atoms with van der Waals surface area (Å²) in [7, 11) is 0. The number of nitrogens with zero attached hydrogens (tertiary/aromatic N) is 1. The fourth-order valence-corrected chi connectivity index (χ4v) is 2.45. The van der Waals surface area contributed by atoms with Crippen molar-refractivity contribution in [2.75, 3.05) is 6.61 Å². The maximum atomic E-state index is 12.9. The molecule has 1 heterocycles. The maximum Gasteiger partial charge on any atom is 0.395 e. The van der Waals surface area contributed by atoms with Crippen molar-refractivity contribution in [1.82, 2.24) is 4.90 Å². The SMILES string of the molecule is C/C(=C/C(C)(C)N)N(C1=CC(C(F)(F)F)CC=C1)[C@@H]1CO1. The van der Waals surface area contributed by atoms with Gasteiger partial charge in [-0.05, 0) is 45.4 Å². The van der Waals surface area contributed by atoms with Crippen LogP contribution in [0.3, 0.4) is 0 Å². The van der Waals surface area contributed by atoms with Crippen LogP contribution in [0.5, 0.6) is 0 Å². The van der Waals surface area contributed by atoms with Crippen LogP contribution in [0.2, 0.25) is 0 Å². The number of alkyl halides is 3. The van der Waals surface area contributed by atoms with Gasteiger partial charge in [-0.15, -0.1) is 0 Å². The molecule has 0 aromatic carbocycles. The van der Waals surface area contributed by atoms with Crippen molar-refractivity contribution >= 4 is 0 Å². The second-order valence-electron chi connectivity index (χ2n) is 6.14. The second-order valence-corrected chi connectivity index (χ2v) is 6.14. The number of hydrogen-bond acceptors (Lipinski definition) is 3. The molecule has 1 unspecified atom stereocenters. The monoisotopic (exact) mass is 302 g/mol. The molecule has 0 bridgehead atoms. The van der Waals surface area contributed by atoms with Gasteiger partial charge in [-0.25, -0.2) is 0 Å². The van der Waals surface area contributed by atoms with Crippen LogP contribution in [0.4, 0.5) is 13.2 Å². The molecule has 1 aliphatic heterocycles. The van der Waals surface area contributed by atoms with Crippen molar-refractivity contribution in [3.63, 3.8) is 0 Å². The molecule has 2 rings (SSSR count). The fourth-order valence-electron chi connectivity index (χ4n) is 2.45. The minimum atomic E-state index is -4.23. The number of allylic oxidation sites excluding steroid dienone is 4. The Balaban J connectivity index is 2.29. The van der Waals surface area contributed by atoms with Crippen molar-refractivity contribution in [3.05, 3.63) is 35.7 Å². The van der Waals surface area contributed by atoms with Crippen LogP contribution < -0.4 is 5.73 Å². The Labute approximate surface area is 122 Å². The standard InChI is InChI=1S/C15H21F3N2O/c1-10(8-14(2,3)19)20(13-9-21-13)12-6-4-5-11(7-12)15(16,17)18/h4,6-8,11,13H,5,9,19H2,1-3H3/b10-8-/t11?,13-/m0/s1. The summed E-state index contributed by atoms with van der Waals surface area (Å²) in [6.45, 7) is 6.03. The number of nitrogens with two attached hydrogens (primary N) is 1. The summed E-state index contributed by atoms with van der Waals surface area (Å²) in [6.07, 6.45) is 1.93. The molecular weight excluding hydrogens is 281 g/mol. The molecule has 0 spiro atoms. The summed E-state index contributed by atoms with van der Waals surface area (Å²) in [5.41, 5.74) is 6.73. The van der Waals surface area contributed by atoms with E-state index < -0.39 is 17.6 Å². The number of epoxide rings is 1. The molecule has 3 nitrogen and oxygen atoms in total. The molecule has 0 amide bonds. The summed E-state index contributed by atoms with van der Waals surface area (Å²) in [5.74, 6) is -1.45. The lowest BCUT2D eigenvalue weighted by atomic mass is 9.97. The molecule has 21 heavy (non-hydrogen) atoms. The first kappa shape index (κ1) is 16.1. The molecule has 0 aromatic heterocycles. The zero-order valence-corrected chi connectivity index (χ0v) is 12.4. The highest BCUT2D eigenvalue weighted by atomic mass is 19.4. The minimum absolute atomic E-state index is 0.0164. The van der Waals surface area contributed by atoms with E-state index in [1.54, 1.807) is 17.1 Å². The summed E-state index contributed by atoms with van der Waals surface area (Å²) in [5, 5.41) is 0. The molecule has 2 atom stereocenters. The molecule has 1 aliphatic carbocycles. The highest BCUT2D eigenvalue weighted by Crippen LogP contribution is 2.36. The van der Waals surface area contributed by atoms with Gasteiger partial charge in [0.1, 0.15) is 0 Å². The van der Waals surface area contributed by atoms with Gasteiger partial charge in [-0.2, -0.15) is 13.2 Å². The highest BCUT2D eigenvalue weighted by Gasteiger charge is 2.40. The van der Waals surface area contributed by atoms with E-state index in [4.69, 9.17) is 10.5 Å². The van der Waals surface area contributed by atoms with E-state index in [0.29, 0.717) is 12.3 Å². The smallest absolute Gasteiger partial charge is 0.351 e. The first-order chi connectivity index (χ1) is 9.58. The third-order valence-electron chi connectivity index (χ3n) is 3.31. The normalized spacial score (nSPS) is 26.6. The second kappa shape index (κ2) is 5.50. The third-order valence-corrected chi connectivity index (χ3v) is 3.31. The van der Waals surface area contributed by atoms with Crippen LogP contribution >= 0.6 is 0 Å². The zero-order valence-electron chi connectivity index (χ0n) is 12.4. The lowest BCUT2D eigenvalue weighted by Gasteiger charge is -2.30. The van der Waals surface area contributed by atoms with Crippen molar-refractivity contribution in [1.29, 1.82) is 0 Å². The van der Waals surface area contributed by atoms with Gasteiger partial charge in [0.05, 0.1) is 12.5 Å². The van der Waals surface area contributed by atoms with E-state index in [1.165, 1.54) is 6.08 Å². The number of rotatable bonds is 4. The Hall–Kier alpha value is -1.27. The van der Waals surface area contributed by atoms with Gasteiger partial charge in [-0.3, -0.25) is 0 Å². The number of halogens is 3. The van der Waals surface area contributed by atoms with E-state index >= 15 is 0 Å². The molecule has 2 N–H and O–H groups in total. The largest absolute Gasteiger partial charge is 0.395 e. The van der Waals surface area contributed by atoms with E-state index in [2.05, 4.69) is 0 Å². The summed E-state index contributed by atoms with van der Waals surface area (Å²) in [4.78, 5) is 1.78. The van der Waals surface area contributed by atoms with E-state index in [1.807, 2.05) is 26.8 Å². The predicted molar refractivity (Wildman–Crippen MR) is 75.0 cm³/mol. The van der Waals surface area contributed by atoms with Gasteiger partial charge in [0, 0.05) is 16.9 Å². The Kier molecular flexibility index (Phi) is 4.22. The highest BCUT2D eigenvalue weighted by molar-refractivity contribution is 5.29. The summed E-state index contributed by atoms with van der Waals surface area (Å²) >= 11 is 0. The van der Waals surface area contributed by atoms with Crippen LogP contribution in [0.25, 0.3) is 0 Å². The van der Waals surface area contributed by atoms with Crippen molar-refractivity contribution < 1.29 is 17.9 Å². The van der Waals surface area contributed by atoms with Gasteiger partial charge in [0.2, 0.25) is 0 Å². The topological polar surface area (TPSA) is 41.8 Å². The summed E-state index contributed by atoms with van der Waals surface area (Å²) in [6, 6.07) is 0. The van der Waals surface area contributed by atoms with Crippen molar-refractivity contribution in [3.8, 4) is 0 Å². The predicted octanol–water partition coefficient (Wildman–Crippen LogP) is 3.31. The van der Waals surface area contributed by atoms with Crippen LogP contribution in [-0.4, -0.2) is 29.4 Å². The zero-order chi connectivity index (χ0) is 15.8. The van der Waals surface area contributed by atoms with Crippen molar-refractivity contribution in [2.45, 2.75) is 45.1 Å². The Morgan fingerprint density at radius 1 is 1.43 bits per heavy atom. The molecule has 0 aromatic rings. The van der Waals surface area contributed by atoms with Crippen LogP contribution in [-0.2, 0) is 4.74 Å². The minimum Gasteiger partial charge on any atom is -0.351 e. The van der Waals surface area contributed by atoms with Gasteiger partial charge < -0.3 is 15.4 Å². The van der Waals surface area contributed by atoms with Gasteiger partial charge in [0.25, 0.3) is 0 Å². The average Bonchev–Trinajstić information content (AvgIpc) is 3.10. The lowest BCUT2D eigenvalue weighted by molar-refractivity contribution is -0.160. The average molecular weight is 302 g/mol. The third kappa shape index (κ3) is 4.35. The number of hydrogen-bond donors (Lipinski definition) is 1. The van der Waals surface area contributed by atoms with E-state index in [-0.39, 0.29) is 12.6 Å². The van der Waals surface area contributed by atoms with Crippen LogP contribution in [0, 0.1) is 5.92 Å². The molecule has 2 aliphatic rings. The van der Waals surface area contributed by atoms with Crippen LogP contribution in [0.15, 0.2) is 35.7 Å². The first-order valence-corrected chi connectivity index (χ1v) is 6.92.